The predicted octanol–water partition coefficient (Wildman–Crippen LogP) is 4.52. The number of carbonyl (C=O) groups excluding carboxylic acids is 3. The molecule has 7 nitrogen and oxygen atoms in total. The largest absolute Gasteiger partial charge is 0.350 e. The van der Waals surface area contributed by atoms with E-state index in [1.165, 1.54) is 24.7 Å². The van der Waals surface area contributed by atoms with Crippen molar-refractivity contribution in [1.29, 1.82) is 0 Å². The van der Waals surface area contributed by atoms with Crippen molar-refractivity contribution in [2.24, 2.45) is 5.92 Å². The van der Waals surface area contributed by atoms with E-state index >= 15 is 0 Å². The maximum absolute atomic E-state index is 13.0. The number of thiazole rings is 1. The summed E-state index contributed by atoms with van der Waals surface area (Å²) in [7, 11) is 0. The van der Waals surface area contributed by atoms with Crippen LogP contribution in [0.25, 0.3) is 11.3 Å². The summed E-state index contributed by atoms with van der Waals surface area (Å²) in [5.41, 5.74) is 2.75. The Hall–Kier alpha value is -2.74. The molecule has 176 valence electrons. The lowest BCUT2D eigenvalue weighted by molar-refractivity contribution is -0.141. The van der Waals surface area contributed by atoms with E-state index in [0.29, 0.717) is 18.1 Å². The van der Waals surface area contributed by atoms with E-state index in [0.717, 1.165) is 48.9 Å². The molecule has 1 aliphatic heterocycles. The molecule has 1 saturated heterocycles. The van der Waals surface area contributed by atoms with Gasteiger partial charge in [-0.2, -0.15) is 0 Å². The van der Waals surface area contributed by atoms with Crippen LogP contribution >= 0.6 is 11.3 Å². The molecule has 1 aromatic carbocycles. The lowest BCUT2D eigenvalue weighted by atomic mass is 9.88. The van der Waals surface area contributed by atoms with Crippen molar-refractivity contribution in [3.05, 3.63) is 35.2 Å². The summed E-state index contributed by atoms with van der Waals surface area (Å²) in [6, 6.07) is 7.42. The predicted molar refractivity (Wildman–Crippen MR) is 130 cm³/mol. The maximum Gasteiger partial charge on any atom is 0.248 e. The Kier molecular flexibility index (Phi) is 7.42. The van der Waals surface area contributed by atoms with E-state index in [2.05, 4.69) is 15.6 Å². The molecule has 4 rings (SSSR count). The molecule has 2 aliphatic rings. The van der Waals surface area contributed by atoms with E-state index in [1.807, 2.05) is 36.6 Å². The van der Waals surface area contributed by atoms with Crippen LogP contribution in [-0.2, 0) is 14.4 Å². The molecule has 0 bridgehead atoms. The Morgan fingerprint density at radius 2 is 1.79 bits per heavy atom. The third kappa shape index (κ3) is 5.61. The summed E-state index contributed by atoms with van der Waals surface area (Å²) < 4.78 is 0. The fraction of sp³-hybridized carbons (Fsp3) is 0.520. The maximum atomic E-state index is 13.0. The molecule has 0 radical (unpaired) electrons. The molecular weight excluding hydrogens is 436 g/mol. The van der Waals surface area contributed by atoms with Crippen LogP contribution in [0.1, 0.15) is 70.4 Å². The fourth-order valence-corrected chi connectivity index (χ4v) is 5.59. The Bertz CT molecular complexity index is 997. The molecule has 0 spiro atoms. The summed E-state index contributed by atoms with van der Waals surface area (Å²) in [6.07, 6.45) is 6.88. The van der Waals surface area contributed by atoms with Gasteiger partial charge in [0.2, 0.25) is 17.7 Å². The number of benzene rings is 1. The molecule has 33 heavy (non-hydrogen) atoms. The summed E-state index contributed by atoms with van der Waals surface area (Å²) >= 11 is 1.38. The topological polar surface area (TPSA) is 91.4 Å². The summed E-state index contributed by atoms with van der Waals surface area (Å²) in [5, 5.41) is 8.28. The van der Waals surface area contributed by atoms with Gasteiger partial charge >= 0.3 is 0 Å². The van der Waals surface area contributed by atoms with Gasteiger partial charge in [-0.1, -0.05) is 43.5 Å². The van der Waals surface area contributed by atoms with Gasteiger partial charge in [0.25, 0.3) is 0 Å². The Morgan fingerprint density at radius 1 is 1.06 bits per heavy atom. The third-order valence-electron chi connectivity index (χ3n) is 6.65. The van der Waals surface area contributed by atoms with Crippen LogP contribution in [0.2, 0.25) is 0 Å². The quantitative estimate of drug-likeness (QED) is 0.652. The zero-order chi connectivity index (χ0) is 23.4. The second-order valence-corrected chi connectivity index (χ2v) is 9.95. The normalized spacial score (nSPS) is 19.8. The van der Waals surface area contributed by atoms with Gasteiger partial charge in [0.15, 0.2) is 5.13 Å². The molecule has 1 aromatic heterocycles. The SMILES string of the molecule is CC(=O)NC(C)c1ccc(-c2csc(NC(=O)C3CCCN3C(=O)C3CCCCC3)n2)cc1. The second-order valence-electron chi connectivity index (χ2n) is 9.10. The highest BCUT2D eigenvalue weighted by molar-refractivity contribution is 7.14. The number of hydrogen-bond acceptors (Lipinski definition) is 5. The fourth-order valence-electron chi connectivity index (χ4n) is 4.87. The number of amides is 3. The van der Waals surface area contributed by atoms with Gasteiger partial charge in [0.05, 0.1) is 11.7 Å². The third-order valence-corrected chi connectivity index (χ3v) is 7.41. The van der Waals surface area contributed by atoms with E-state index in [-0.39, 0.29) is 29.7 Å². The first kappa shape index (κ1) is 23.4. The van der Waals surface area contributed by atoms with Crippen LogP contribution in [-0.4, -0.2) is 40.2 Å². The number of anilines is 1. The minimum atomic E-state index is -0.402. The van der Waals surface area contributed by atoms with Gasteiger partial charge in [0, 0.05) is 30.3 Å². The summed E-state index contributed by atoms with van der Waals surface area (Å²) in [5.74, 6) is 0.0282. The molecule has 8 heteroatoms. The average molecular weight is 469 g/mol. The molecular formula is C25H32N4O3S. The van der Waals surface area contributed by atoms with Crippen molar-refractivity contribution in [2.75, 3.05) is 11.9 Å². The van der Waals surface area contributed by atoms with Crippen LogP contribution in [0.4, 0.5) is 5.13 Å². The first-order valence-corrected chi connectivity index (χ1v) is 12.7. The Morgan fingerprint density at radius 3 is 2.48 bits per heavy atom. The average Bonchev–Trinajstić information content (AvgIpc) is 3.49. The standard InChI is InChI=1S/C25H32N4O3S/c1-16(26-17(2)30)18-10-12-19(13-11-18)21-15-33-25(27-21)28-23(31)22-9-6-14-29(22)24(32)20-7-4-3-5-8-20/h10-13,15-16,20,22H,3-9,14H2,1-2H3,(H,26,30)(H,27,28,31). The lowest BCUT2D eigenvalue weighted by Gasteiger charge is -2.29. The zero-order valence-corrected chi connectivity index (χ0v) is 20.1. The molecule has 3 amide bonds. The van der Waals surface area contributed by atoms with Crippen molar-refractivity contribution in [3.63, 3.8) is 0 Å². The van der Waals surface area contributed by atoms with Crippen molar-refractivity contribution < 1.29 is 14.4 Å². The number of hydrogen-bond donors (Lipinski definition) is 2. The van der Waals surface area contributed by atoms with Crippen molar-refractivity contribution in [2.45, 2.75) is 70.9 Å². The summed E-state index contributed by atoms with van der Waals surface area (Å²) in [6.45, 7) is 4.12. The monoisotopic (exact) mass is 468 g/mol. The number of carbonyl (C=O) groups is 3. The molecule has 2 unspecified atom stereocenters. The molecule has 2 atom stereocenters. The minimum Gasteiger partial charge on any atom is -0.350 e. The second kappa shape index (κ2) is 10.5. The Labute approximate surface area is 199 Å². The molecule has 2 aromatic rings. The zero-order valence-electron chi connectivity index (χ0n) is 19.3. The molecule has 1 aliphatic carbocycles. The van der Waals surface area contributed by atoms with Gasteiger partial charge in [-0.25, -0.2) is 4.98 Å². The van der Waals surface area contributed by atoms with Crippen LogP contribution in [0, 0.1) is 5.92 Å². The van der Waals surface area contributed by atoms with Gasteiger partial charge in [-0.15, -0.1) is 11.3 Å². The van der Waals surface area contributed by atoms with E-state index in [9.17, 15) is 14.4 Å². The molecule has 2 N–H and O–H groups in total. The van der Waals surface area contributed by atoms with Crippen LogP contribution in [0.3, 0.4) is 0 Å². The first-order valence-electron chi connectivity index (χ1n) is 11.9. The van der Waals surface area contributed by atoms with Gasteiger partial charge in [0.1, 0.15) is 6.04 Å². The Balaban J connectivity index is 1.38. The summed E-state index contributed by atoms with van der Waals surface area (Å²) in [4.78, 5) is 43.6. The van der Waals surface area contributed by atoms with E-state index in [1.54, 1.807) is 4.90 Å². The van der Waals surface area contributed by atoms with Crippen LogP contribution < -0.4 is 10.6 Å². The number of aromatic nitrogens is 1. The number of nitrogens with zero attached hydrogens (tertiary/aromatic N) is 2. The van der Waals surface area contributed by atoms with Crippen LogP contribution in [0.15, 0.2) is 29.6 Å². The molecule has 2 fully saturated rings. The number of likely N-dealkylation sites (tertiary alicyclic amines) is 1. The van der Waals surface area contributed by atoms with Gasteiger partial charge < -0.3 is 15.5 Å². The molecule has 2 heterocycles. The highest BCUT2D eigenvalue weighted by atomic mass is 32.1. The van der Waals surface area contributed by atoms with E-state index in [4.69, 9.17) is 0 Å². The van der Waals surface area contributed by atoms with Crippen molar-refractivity contribution in [3.8, 4) is 11.3 Å². The highest BCUT2D eigenvalue weighted by Gasteiger charge is 2.37. The lowest BCUT2D eigenvalue weighted by Crippen LogP contribution is -2.46. The van der Waals surface area contributed by atoms with Crippen molar-refractivity contribution >= 4 is 34.2 Å². The minimum absolute atomic E-state index is 0.0623. The smallest absolute Gasteiger partial charge is 0.248 e. The van der Waals surface area contributed by atoms with Gasteiger partial charge in [-0.3, -0.25) is 14.4 Å². The number of nitrogens with one attached hydrogen (secondary N) is 2. The first-order chi connectivity index (χ1) is 15.9. The van der Waals surface area contributed by atoms with Crippen LogP contribution in [0.5, 0.6) is 0 Å². The number of rotatable bonds is 6. The van der Waals surface area contributed by atoms with E-state index < -0.39 is 6.04 Å². The van der Waals surface area contributed by atoms with Crippen molar-refractivity contribution in [1.82, 2.24) is 15.2 Å². The molecule has 1 saturated carbocycles. The van der Waals surface area contributed by atoms with Gasteiger partial charge in [-0.05, 0) is 38.2 Å². The highest BCUT2D eigenvalue weighted by Crippen LogP contribution is 2.30.